The molecule has 2 saturated heterocycles. The lowest BCUT2D eigenvalue weighted by Crippen LogP contribution is -2.48. The summed E-state index contributed by atoms with van der Waals surface area (Å²) in [5.74, 6) is 0.288. The minimum Gasteiger partial charge on any atom is -0.342 e. The molecule has 0 radical (unpaired) electrons. The van der Waals surface area contributed by atoms with Crippen molar-refractivity contribution in [2.24, 2.45) is 5.92 Å². The van der Waals surface area contributed by atoms with Crippen LogP contribution in [0.5, 0.6) is 0 Å². The Morgan fingerprint density at radius 2 is 1.88 bits per heavy atom. The van der Waals surface area contributed by atoms with Crippen molar-refractivity contribution < 1.29 is 14.4 Å². The molecule has 1 atom stereocenters. The van der Waals surface area contributed by atoms with Crippen LogP contribution < -0.4 is 0 Å². The predicted molar refractivity (Wildman–Crippen MR) is 92.1 cm³/mol. The molecule has 1 unspecified atom stereocenters. The van der Waals surface area contributed by atoms with Crippen LogP contribution in [0.2, 0.25) is 0 Å². The molecule has 25 heavy (non-hydrogen) atoms. The average Bonchev–Trinajstić information content (AvgIpc) is 2.67. The second-order valence-electron chi connectivity index (χ2n) is 6.86. The van der Waals surface area contributed by atoms with Crippen molar-refractivity contribution in [3.05, 3.63) is 29.6 Å². The molecular formula is C18H24N4O3. The minimum atomic E-state index is -0.188. The van der Waals surface area contributed by atoms with Gasteiger partial charge in [-0.1, -0.05) is 6.92 Å². The van der Waals surface area contributed by atoms with E-state index in [2.05, 4.69) is 11.9 Å². The highest BCUT2D eigenvalue weighted by Gasteiger charge is 2.25. The maximum Gasteiger partial charge on any atom is 0.272 e. The molecule has 1 aromatic heterocycles. The number of amides is 3. The number of nitrogens with zero attached hydrogens (tertiary/aromatic N) is 4. The summed E-state index contributed by atoms with van der Waals surface area (Å²) in [6.45, 7) is 5.71. The number of aromatic nitrogens is 1. The molecule has 3 amide bonds. The third-order valence-electron chi connectivity index (χ3n) is 4.92. The Balaban J connectivity index is 1.69. The van der Waals surface area contributed by atoms with Gasteiger partial charge in [-0.25, -0.2) is 0 Å². The molecule has 0 N–H and O–H groups in total. The first-order chi connectivity index (χ1) is 12.1. The first-order valence-electron chi connectivity index (χ1n) is 8.82. The Kier molecular flexibility index (Phi) is 5.31. The molecule has 7 nitrogen and oxygen atoms in total. The molecule has 3 heterocycles. The summed E-state index contributed by atoms with van der Waals surface area (Å²) >= 11 is 0. The zero-order valence-electron chi connectivity index (χ0n) is 14.6. The second-order valence-corrected chi connectivity index (χ2v) is 6.86. The van der Waals surface area contributed by atoms with Crippen LogP contribution >= 0.6 is 0 Å². The Morgan fingerprint density at radius 3 is 2.56 bits per heavy atom. The standard InChI is InChI=1S/C18H24N4O3/c1-14-3-2-6-22(12-14)17(24)15-4-5-19-16(11-15)18(25)21-9-7-20(13-23)8-10-21/h4-5,11,13-14H,2-3,6-10,12H2,1H3. The van der Waals surface area contributed by atoms with Crippen LogP contribution in [0.4, 0.5) is 0 Å². The van der Waals surface area contributed by atoms with E-state index in [-0.39, 0.29) is 17.5 Å². The molecule has 2 aliphatic heterocycles. The number of pyridine rings is 1. The van der Waals surface area contributed by atoms with Gasteiger partial charge in [0, 0.05) is 51.0 Å². The SMILES string of the molecule is CC1CCCN(C(=O)c2ccnc(C(=O)N3CCN(C=O)CC3)c2)C1. The van der Waals surface area contributed by atoms with Gasteiger partial charge >= 0.3 is 0 Å². The number of piperazine rings is 1. The molecule has 0 saturated carbocycles. The van der Waals surface area contributed by atoms with E-state index in [0.717, 1.165) is 32.3 Å². The van der Waals surface area contributed by atoms with E-state index in [9.17, 15) is 14.4 Å². The molecule has 0 spiro atoms. The molecule has 2 aliphatic rings. The molecule has 0 bridgehead atoms. The third-order valence-corrected chi connectivity index (χ3v) is 4.92. The summed E-state index contributed by atoms with van der Waals surface area (Å²) in [5, 5.41) is 0. The van der Waals surface area contributed by atoms with Crippen molar-refractivity contribution in [3.63, 3.8) is 0 Å². The van der Waals surface area contributed by atoms with Crippen LogP contribution in [0, 0.1) is 5.92 Å². The monoisotopic (exact) mass is 344 g/mol. The van der Waals surface area contributed by atoms with E-state index in [0.29, 0.717) is 37.7 Å². The number of likely N-dealkylation sites (tertiary alicyclic amines) is 1. The lowest BCUT2D eigenvalue weighted by atomic mass is 9.99. The van der Waals surface area contributed by atoms with E-state index in [1.807, 2.05) is 4.90 Å². The largest absolute Gasteiger partial charge is 0.342 e. The van der Waals surface area contributed by atoms with Crippen molar-refractivity contribution in [3.8, 4) is 0 Å². The third kappa shape index (κ3) is 3.97. The Morgan fingerprint density at radius 1 is 1.12 bits per heavy atom. The molecule has 0 aromatic carbocycles. The van der Waals surface area contributed by atoms with Crippen molar-refractivity contribution >= 4 is 18.2 Å². The summed E-state index contributed by atoms with van der Waals surface area (Å²) < 4.78 is 0. The fourth-order valence-electron chi connectivity index (χ4n) is 3.43. The highest BCUT2D eigenvalue weighted by atomic mass is 16.2. The van der Waals surface area contributed by atoms with Crippen molar-refractivity contribution in [2.45, 2.75) is 19.8 Å². The van der Waals surface area contributed by atoms with Gasteiger partial charge < -0.3 is 14.7 Å². The molecule has 3 rings (SSSR count). The summed E-state index contributed by atoms with van der Waals surface area (Å²) in [5.41, 5.74) is 0.800. The van der Waals surface area contributed by atoms with E-state index < -0.39 is 0 Å². The normalized spacial score (nSPS) is 21.2. The average molecular weight is 344 g/mol. The van der Waals surface area contributed by atoms with E-state index in [1.165, 1.54) is 6.20 Å². The lowest BCUT2D eigenvalue weighted by Gasteiger charge is -2.32. The molecule has 7 heteroatoms. The first-order valence-corrected chi connectivity index (χ1v) is 8.82. The Labute approximate surface area is 147 Å². The summed E-state index contributed by atoms with van der Waals surface area (Å²) in [4.78, 5) is 45.4. The molecular weight excluding hydrogens is 320 g/mol. The van der Waals surface area contributed by atoms with Crippen LogP contribution in [0.25, 0.3) is 0 Å². The van der Waals surface area contributed by atoms with Crippen LogP contribution in [0.1, 0.15) is 40.6 Å². The van der Waals surface area contributed by atoms with Gasteiger partial charge in [0.15, 0.2) is 0 Å². The van der Waals surface area contributed by atoms with Crippen LogP contribution in [-0.4, -0.2) is 77.2 Å². The minimum absolute atomic E-state index is 0.0335. The highest BCUT2D eigenvalue weighted by molar-refractivity contribution is 5.98. The molecule has 2 fully saturated rings. The van der Waals surface area contributed by atoms with Gasteiger partial charge in [-0.3, -0.25) is 19.4 Å². The van der Waals surface area contributed by atoms with Crippen molar-refractivity contribution in [1.82, 2.24) is 19.7 Å². The van der Waals surface area contributed by atoms with E-state index in [4.69, 9.17) is 0 Å². The van der Waals surface area contributed by atoms with Crippen LogP contribution in [0.15, 0.2) is 18.3 Å². The predicted octanol–water partition coefficient (Wildman–Crippen LogP) is 0.868. The summed E-state index contributed by atoms with van der Waals surface area (Å²) in [6.07, 6.45) is 4.50. The van der Waals surface area contributed by atoms with E-state index in [1.54, 1.807) is 21.9 Å². The van der Waals surface area contributed by atoms with Gasteiger partial charge in [0.05, 0.1) is 0 Å². The first kappa shape index (κ1) is 17.4. The van der Waals surface area contributed by atoms with E-state index >= 15 is 0 Å². The van der Waals surface area contributed by atoms with Gasteiger partial charge in [0.2, 0.25) is 6.41 Å². The number of hydrogen-bond acceptors (Lipinski definition) is 4. The van der Waals surface area contributed by atoms with Gasteiger partial charge in [0.25, 0.3) is 11.8 Å². The summed E-state index contributed by atoms with van der Waals surface area (Å²) in [6, 6.07) is 3.26. The topological polar surface area (TPSA) is 73.8 Å². The van der Waals surface area contributed by atoms with Crippen molar-refractivity contribution in [1.29, 1.82) is 0 Å². The number of hydrogen-bond donors (Lipinski definition) is 0. The number of piperidine rings is 1. The fraction of sp³-hybridized carbons (Fsp3) is 0.556. The molecule has 0 aliphatic carbocycles. The van der Waals surface area contributed by atoms with Gasteiger partial charge in [0.1, 0.15) is 5.69 Å². The summed E-state index contributed by atoms with van der Waals surface area (Å²) in [7, 11) is 0. The van der Waals surface area contributed by atoms with Crippen molar-refractivity contribution in [2.75, 3.05) is 39.3 Å². The van der Waals surface area contributed by atoms with Gasteiger partial charge in [-0.15, -0.1) is 0 Å². The van der Waals surface area contributed by atoms with Gasteiger partial charge in [-0.05, 0) is 30.9 Å². The number of carbonyl (C=O) groups excluding carboxylic acids is 3. The zero-order valence-corrected chi connectivity index (χ0v) is 14.6. The molecule has 1 aromatic rings. The second kappa shape index (κ2) is 7.63. The quantitative estimate of drug-likeness (QED) is 0.763. The Hall–Kier alpha value is -2.44. The van der Waals surface area contributed by atoms with Crippen LogP contribution in [0.3, 0.4) is 0 Å². The maximum absolute atomic E-state index is 12.7. The lowest BCUT2D eigenvalue weighted by molar-refractivity contribution is -0.119. The zero-order chi connectivity index (χ0) is 17.8. The Bertz CT molecular complexity index is 655. The van der Waals surface area contributed by atoms with Gasteiger partial charge in [-0.2, -0.15) is 0 Å². The number of carbonyl (C=O) groups is 3. The fourth-order valence-corrected chi connectivity index (χ4v) is 3.43. The number of rotatable bonds is 3. The maximum atomic E-state index is 12.7. The highest BCUT2D eigenvalue weighted by Crippen LogP contribution is 2.18. The van der Waals surface area contributed by atoms with Crippen LogP contribution in [-0.2, 0) is 4.79 Å². The smallest absolute Gasteiger partial charge is 0.272 e. The molecule has 134 valence electrons.